The number of rotatable bonds is 5. The number of hydrogen-bond acceptors (Lipinski definition) is 3. The minimum absolute atomic E-state index is 0.532. The zero-order chi connectivity index (χ0) is 9.68. The van der Waals surface area contributed by atoms with Crippen molar-refractivity contribution < 1.29 is 0 Å². The first-order chi connectivity index (χ1) is 6.29. The van der Waals surface area contributed by atoms with Gasteiger partial charge in [-0.2, -0.15) is 11.8 Å². The van der Waals surface area contributed by atoms with Crippen LogP contribution in [-0.2, 0) is 0 Å². The van der Waals surface area contributed by atoms with Gasteiger partial charge in [0, 0.05) is 10.6 Å². The Morgan fingerprint density at radius 1 is 1.62 bits per heavy atom. The van der Waals surface area contributed by atoms with Crippen molar-refractivity contribution in [3.05, 3.63) is 21.9 Å². The topological polar surface area (TPSA) is 12.0 Å². The van der Waals surface area contributed by atoms with E-state index in [1.54, 1.807) is 0 Å². The van der Waals surface area contributed by atoms with E-state index in [1.165, 1.54) is 21.9 Å². The van der Waals surface area contributed by atoms with Crippen molar-refractivity contribution in [2.45, 2.75) is 19.9 Å². The van der Waals surface area contributed by atoms with Crippen LogP contribution in [-0.4, -0.2) is 18.6 Å². The normalized spacial score (nSPS) is 13.2. The minimum atomic E-state index is 0.532. The van der Waals surface area contributed by atoms with Crippen molar-refractivity contribution in [2.24, 2.45) is 0 Å². The van der Waals surface area contributed by atoms with Gasteiger partial charge in [0.05, 0.1) is 6.04 Å². The van der Waals surface area contributed by atoms with E-state index >= 15 is 0 Å². The van der Waals surface area contributed by atoms with E-state index in [0.29, 0.717) is 6.04 Å². The second kappa shape index (κ2) is 5.68. The first-order valence-corrected chi connectivity index (χ1v) is 6.62. The van der Waals surface area contributed by atoms with E-state index < -0.39 is 0 Å². The lowest BCUT2D eigenvalue weighted by Gasteiger charge is -2.14. The fourth-order valence-electron chi connectivity index (χ4n) is 1.27. The minimum Gasteiger partial charge on any atom is -0.312 e. The first kappa shape index (κ1) is 11.1. The fourth-order valence-corrected chi connectivity index (χ4v) is 3.22. The summed E-state index contributed by atoms with van der Waals surface area (Å²) in [5.41, 5.74) is 1.42. The Bertz CT molecular complexity index is 245. The van der Waals surface area contributed by atoms with Gasteiger partial charge in [-0.25, -0.2) is 0 Å². The van der Waals surface area contributed by atoms with Gasteiger partial charge in [0.25, 0.3) is 0 Å². The molecule has 13 heavy (non-hydrogen) atoms. The van der Waals surface area contributed by atoms with E-state index in [9.17, 15) is 0 Å². The molecule has 74 valence electrons. The van der Waals surface area contributed by atoms with E-state index in [-0.39, 0.29) is 0 Å². The SMILES string of the molecule is CCSCC(NC)c1sccc1C. The Hall–Kier alpha value is 0.0100. The number of hydrogen-bond donors (Lipinski definition) is 1. The summed E-state index contributed by atoms with van der Waals surface area (Å²) in [4.78, 5) is 1.49. The van der Waals surface area contributed by atoms with Crippen molar-refractivity contribution in [2.75, 3.05) is 18.6 Å². The maximum Gasteiger partial charge on any atom is 0.0506 e. The molecule has 1 N–H and O–H groups in total. The Balaban J connectivity index is 2.61. The molecule has 1 rings (SSSR count). The quantitative estimate of drug-likeness (QED) is 0.810. The third kappa shape index (κ3) is 3.01. The predicted molar refractivity (Wildman–Crippen MR) is 63.9 cm³/mol. The zero-order valence-corrected chi connectivity index (χ0v) is 10.1. The molecule has 1 unspecified atom stereocenters. The van der Waals surface area contributed by atoms with Gasteiger partial charge in [0.1, 0.15) is 0 Å². The lowest BCUT2D eigenvalue weighted by Crippen LogP contribution is -2.18. The lowest BCUT2D eigenvalue weighted by molar-refractivity contribution is 0.670. The first-order valence-electron chi connectivity index (χ1n) is 4.58. The molecular weight excluding hydrogens is 198 g/mol. The molecule has 0 aliphatic heterocycles. The third-order valence-electron chi connectivity index (χ3n) is 2.06. The van der Waals surface area contributed by atoms with E-state index in [0.717, 1.165) is 0 Å². The Labute approximate surface area is 88.9 Å². The molecule has 0 aliphatic carbocycles. The average Bonchev–Trinajstić information content (AvgIpc) is 2.54. The van der Waals surface area contributed by atoms with Crippen molar-refractivity contribution in [1.29, 1.82) is 0 Å². The van der Waals surface area contributed by atoms with Crippen LogP contribution < -0.4 is 5.32 Å². The van der Waals surface area contributed by atoms with Gasteiger partial charge >= 0.3 is 0 Å². The largest absolute Gasteiger partial charge is 0.312 e. The molecule has 0 amide bonds. The van der Waals surface area contributed by atoms with Gasteiger partial charge in [0.2, 0.25) is 0 Å². The highest BCUT2D eigenvalue weighted by atomic mass is 32.2. The molecule has 1 nitrogen and oxygen atoms in total. The summed E-state index contributed by atoms with van der Waals surface area (Å²) in [6, 6.07) is 2.73. The van der Waals surface area contributed by atoms with Gasteiger partial charge in [-0.15, -0.1) is 11.3 Å². The Morgan fingerprint density at radius 2 is 2.38 bits per heavy atom. The number of thiophene rings is 1. The third-order valence-corrected chi connectivity index (χ3v) is 4.17. The molecule has 1 heterocycles. The molecule has 1 aromatic rings. The van der Waals surface area contributed by atoms with Crippen LogP contribution in [0.5, 0.6) is 0 Å². The van der Waals surface area contributed by atoms with Crippen LogP contribution in [0.2, 0.25) is 0 Å². The summed E-state index contributed by atoms with van der Waals surface area (Å²) in [6.07, 6.45) is 0. The second-order valence-electron chi connectivity index (χ2n) is 2.97. The highest BCUT2D eigenvalue weighted by Gasteiger charge is 2.12. The maximum atomic E-state index is 3.37. The molecule has 0 aromatic carbocycles. The molecule has 1 aromatic heterocycles. The van der Waals surface area contributed by atoms with Gasteiger partial charge < -0.3 is 5.32 Å². The van der Waals surface area contributed by atoms with Crippen molar-refractivity contribution in [3.63, 3.8) is 0 Å². The van der Waals surface area contributed by atoms with E-state index in [4.69, 9.17) is 0 Å². The highest BCUT2D eigenvalue weighted by Crippen LogP contribution is 2.26. The van der Waals surface area contributed by atoms with Crippen molar-refractivity contribution in [1.82, 2.24) is 5.32 Å². The molecule has 0 aliphatic rings. The smallest absolute Gasteiger partial charge is 0.0506 e. The van der Waals surface area contributed by atoms with E-state index in [2.05, 4.69) is 30.6 Å². The van der Waals surface area contributed by atoms with Crippen LogP contribution in [0.15, 0.2) is 11.4 Å². The lowest BCUT2D eigenvalue weighted by atomic mass is 10.2. The predicted octanol–water partition coefficient (Wildman–Crippen LogP) is 3.07. The molecular formula is C10H17NS2. The fraction of sp³-hybridized carbons (Fsp3) is 0.600. The van der Waals surface area contributed by atoms with Crippen LogP contribution in [0, 0.1) is 6.92 Å². The van der Waals surface area contributed by atoms with Gasteiger partial charge in [-0.05, 0) is 36.7 Å². The highest BCUT2D eigenvalue weighted by molar-refractivity contribution is 7.99. The second-order valence-corrected chi connectivity index (χ2v) is 5.24. The van der Waals surface area contributed by atoms with Crippen LogP contribution in [0.25, 0.3) is 0 Å². The molecule has 0 saturated heterocycles. The summed E-state index contributed by atoms with van der Waals surface area (Å²) in [5, 5.41) is 5.54. The van der Waals surface area contributed by atoms with Gasteiger partial charge in [0.15, 0.2) is 0 Å². The van der Waals surface area contributed by atoms with Crippen LogP contribution in [0.1, 0.15) is 23.4 Å². The van der Waals surface area contributed by atoms with Crippen LogP contribution in [0.3, 0.4) is 0 Å². The summed E-state index contributed by atoms with van der Waals surface area (Å²) >= 11 is 3.85. The summed E-state index contributed by atoms with van der Waals surface area (Å²) in [5.74, 6) is 2.37. The maximum absolute atomic E-state index is 3.37. The van der Waals surface area contributed by atoms with Gasteiger partial charge in [-0.3, -0.25) is 0 Å². The summed E-state index contributed by atoms with van der Waals surface area (Å²) < 4.78 is 0. The number of nitrogens with one attached hydrogen (secondary N) is 1. The number of aryl methyl sites for hydroxylation is 1. The molecule has 0 saturated carbocycles. The molecule has 0 radical (unpaired) electrons. The average molecular weight is 215 g/mol. The summed E-state index contributed by atoms with van der Waals surface area (Å²) in [6.45, 7) is 4.39. The van der Waals surface area contributed by atoms with Crippen molar-refractivity contribution in [3.8, 4) is 0 Å². The van der Waals surface area contributed by atoms with Crippen LogP contribution >= 0.6 is 23.1 Å². The van der Waals surface area contributed by atoms with Gasteiger partial charge in [-0.1, -0.05) is 6.92 Å². The standard InChI is InChI=1S/C10H17NS2/c1-4-12-7-9(11-3)10-8(2)5-6-13-10/h5-6,9,11H,4,7H2,1-3H3. The number of thioether (sulfide) groups is 1. The Kier molecular flexibility index (Phi) is 4.84. The zero-order valence-electron chi connectivity index (χ0n) is 8.46. The molecule has 0 fully saturated rings. The monoisotopic (exact) mass is 215 g/mol. The molecule has 1 atom stereocenters. The molecule has 3 heteroatoms. The van der Waals surface area contributed by atoms with Crippen LogP contribution in [0.4, 0.5) is 0 Å². The van der Waals surface area contributed by atoms with Crippen molar-refractivity contribution >= 4 is 23.1 Å². The molecule has 0 spiro atoms. The molecule has 0 bridgehead atoms. The Morgan fingerprint density at radius 3 is 2.85 bits per heavy atom. The van der Waals surface area contributed by atoms with E-state index in [1.807, 2.05) is 30.1 Å². The summed E-state index contributed by atoms with van der Waals surface area (Å²) in [7, 11) is 2.04.